The number of carboxylic acids is 6. The summed E-state index contributed by atoms with van der Waals surface area (Å²) in [6, 6.07) is -3.58. The summed E-state index contributed by atoms with van der Waals surface area (Å²) >= 11 is 0. The van der Waals surface area contributed by atoms with Gasteiger partial charge < -0.3 is 77.5 Å². The van der Waals surface area contributed by atoms with Gasteiger partial charge in [-0.05, 0) is 44.9 Å². The fourth-order valence-electron chi connectivity index (χ4n) is 10.5. The van der Waals surface area contributed by atoms with E-state index in [1.165, 1.54) is 11.8 Å². The molecule has 3 heterocycles. The molecule has 0 aromatic heterocycles. The van der Waals surface area contributed by atoms with Gasteiger partial charge in [0, 0.05) is 118 Å². The maximum Gasteiger partial charge on any atom is 0.475 e. The van der Waals surface area contributed by atoms with Crippen LogP contribution < -0.4 is 31.9 Å². The Morgan fingerprint density at radius 1 is 0.407 bits per heavy atom. The summed E-state index contributed by atoms with van der Waals surface area (Å²) in [7, 11) is -1.77. The predicted octanol–water partition coefficient (Wildman–Crippen LogP) is -8.41. The molecule has 3 fully saturated rings. The summed E-state index contributed by atoms with van der Waals surface area (Å²) < 4.78 is 0. The molecule has 4 atom stereocenters. The summed E-state index contributed by atoms with van der Waals surface area (Å²) in [6.45, 7) is 3.16. The van der Waals surface area contributed by atoms with Crippen molar-refractivity contribution in [3.63, 3.8) is 0 Å². The van der Waals surface area contributed by atoms with E-state index in [2.05, 4.69) is 31.9 Å². The zero-order valence-electron chi connectivity index (χ0n) is 52.2. The summed E-state index contributed by atoms with van der Waals surface area (Å²) in [5.74, 6) is -13.0. The lowest BCUT2D eigenvalue weighted by atomic mass is 9.78. The molecule has 0 bridgehead atoms. The van der Waals surface area contributed by atoms with Crippen molar-refractivity contribution in [2.75, 3.05) is 183 Å². The molecule has 3 aliphatic heterocycles. The first-order valence-electron chi connectivity index (χ1n) is 30.4. The Labute approximate surface area is 528 Å². The van der Waals surface area contributed by atoms with Crippen molar-refractivity contribution < 1.29 is 103 Å². The Morgan fingerprint density at radius 2 is 0.769 bits per heavy atom. The van der Waals surface area contributed by atoms with Gasteiger partial charge in [0.05, 0.1) is 71.4 Å². The standard InChI is InChI=1S/C54H94BN15O21/c1-37(2)51(53(88)59-38(3)54(89)70-10-6-8-40(70)55(90)91)61-42(72)28-57-41(71)27-58-52(87)39(60-44(74)30-63-13-17-66(33-47(79)80)21-25-69(36-50(85)86)26-22-67(18-14-63)34-48(81)82)7-4-5-9-56-43(73)29-62-11-15-64(31-45(75)76)19-23-68(35-49(83)84)24-20-65(16-12-62)32-46(77)78/h37-40,51,90-91H,4-36H2,1-3H3,(H,56,73)(H,57,71)(H,58,87)(H,59,88)(H,60,74)(H,61,72)(H,75,76)(H,77,78)(H,79,80)(H,81,82)(H,83,84)(H,85,86)/t38-,39?,40+,51+/m1/s1. The van der Waals surface area contributed by atoms with Crippen LogP contribution in [0.3, 0.4) is 0 Å². The third-order valence-corrected chi connectivity index (χ3v) is 15.4. The lowest BCUT2D eigenvalue weighted by molar-refractivity contribution is -0.140. The quantitative estimate of drug-likeness (QED) is 0.0214. The van der Waals surface area contributed by atoms with Crippen LogP contribution >= 0.6 is 0 Å². The van der Waals surface area contributed by atoms with Gasteiger partial charge in [-0.25, -0.2) is 0 Å². The monoisotopic (exact) mass is 1300 g/mol. The molecule has 1 unspecified atom stereocenters. The van der Waals surface area contributed by atoms with Gasteiger partial charge in [-0.15, -0.1) is 0 Å². The normalized spacial score (nSPS) is 19.1. The second-order valence-electron chi connectivity index (χ2n) is 23.2. The highest BCUT2D eigenvalue weighted by Crippen LogP contribution is 2.19. The molecule has 0 aromatic carbocycles. The van der Waals surface area contributed by atoms with Crippen molar-refractivity contribution in [1.82, 2.24) is 76.0 Å². The number of unbranched alkanes of at least 4 members (excludes halogenated alkanes) is 1. The number of likely N-dealkylation sites (tertiary alicyclic amines) is 1. The molecule has 37 heteroatoms. The van der Waals surface area contributed by atoms with Crippen molar-refractivity contribution in [2.24, 2.45) is 5.92 Å². The highest BCUT2D eigenvalue weighted by atomic mass is 16.4. The van der Waals surface area contributed by atoms with Crippen molar-refractivity contribution in [2.45, 2.75) is 76.9 Å². The van der Waals surface area contributed by atoms with E-state index in [9.17, 15) is 103 Å². The lowest BCUT2D eigenvalue weighted by Crippen LogP contribution is -2.57. The Kier molecular flexibility index (Phi) is 35.4. The van der Waals surface area contributed by atoms with Crippen LogP contribution in [-0.2, 0) is 62.3 Å². The molecule has 3 aliphatic rings. The van der Waals surface area contributed by atoms with E-state index in [1.54, 1.807) is 53.0 Å². The highest BCUT2D eigenvalue weighted by Gasteiger charge is 2.39. The lowest BCUT2D eigenvalue weighted by Gasteiger charge is -2.33. The van der Waals surface area contributed by atoms with Gasteiger partial charge in [-0.1, -0.05) is 13.8 Å². The van der Waals surface area contributed by atoms with Crippen molar-refractivity contribution in [3.8, 4) is 0 Å². The average molecular weight is 1300 g/mol. The topological polar surface area (TPSA) is 485 Å². The maximum absolute atomic E-state index is 14.0. The van der Waals surface area contributed by atoms with Gasteiger partial charge in [-0.3, -0.25) is 102 Å². The second-order valence-corrected chi connectivity index (χ2v) is 23.2. The smallest absolute Gasteiger partial charge is 0.475 e. The first kappa shape index (κ1) is 78.0. The number of aliphatic carboxylic acids is 6. The second kappa shape index (κ2) is 41.3. The molecule has 36 nitrogen and oxygen atoms in total. The molecular weight excluding hydrogens is 1210 g/mol. The SMILES string of the molecule is CC(C)[C@H](NC(=O)CNC(=O)CNC(=O)C(CCCCNC(=O)CN1CCN(CC(=O)O)CCN(CC(=O)O)CCN(CC(=O)O)CC1)NC(=O)CN1CCN(CC(=O)O)CCN(CC(=O)O)CCN(CC(=O)O)CC1)C(=O)N[C@H](C)C(=O)N1CCC[C@H]1B(O)O. The molecule has 14 N–H and O–H groups in total. The minimum Gasteiger partial charge on any atom is -0.480 e. The molecular formula is C54H94BN15O21. The third kappa shape index (κ3) is 32.6. The fraction of sp³-hybridized carbons (Fsp3) is 0.759. The van der Waals surface area contributed by atoms with Crippen molar-refractivity contribution in [1.29, 1.82) is 0 Å². The van der Waals surface area contributed by atoms with E-state index in [1.807, 2.05) is 0 Å². The van der Waals surface area contributed by atoms with Gasteiger partial charge >= 0.3 is 42.9 Å². The Hall–Kier alpha value is -7.23. The fourth-order valence-corrected chi connectivity index (χ4v) is 10.5. The van der Waals surface area contributed by atoms with E-state index in [-0.39, 0.29) is 176 Å². The predicted molar refractivity (Wildman–Crippen MR) is 321 cm³/mol. The number of nitrogens with one attached hydrogen (secondary N) is 6. The number of carbonyl (C=O) groups excluding carboxylic acids is 7. The number of hydrogen-bond donors (Lipinski definition) is 14. The third-order valence-electron chi connectivity index (χ3n) is 15.4. The minimum absolute atomic E-state index is 0.0528. The molecule has 3 saturated heterocycles. The van der Waals surface area contributed by atoms with Crippen LogP contribution in [0.4, 0.5) is 0 Å². The first-order chi connectivity index (χ1) is 43.0. The van der Waals surface area contributed by atoms with Gasteiger partial charge in [0.15, 0.2) is 0 Å². The highest BCUT2D eigenvalue weighted by molar-refractivity contribution is 6.43. The Morgan fingerprint density at radius 3 is 1.13 bits per heavy atom. The number of carbonyl (C=O) groups is 13. The number of amides is 7. The van der Waals surface area contributed by atoms with Crippen LogP contribution in [0.25, 0.3) is 0 Å². The zero-order chi connectivity index (χ0) is 67.7. The van der Waals surface area contributed by atoms with Gasteiger partial charge in [0.25, 0.3) is 0 Å². The van der Waals surface area contributed by atoms with Crippen LogP contribution in [0.5, 0.6) is 0 Å². The van der Waals surface area contributed by atoms with Crippen LogP contribution in [-0.4, -0.2) is 376 Å². The average Bonchev–Trinajstić information content (AvgIpc) is 1.83. The van der Waals surface area contributed by atoms with E-state index < -0.39 is 140 Å². The number of rotatable bonds is 33. The molecule has 0 aromatic rings. The molecule has 0 aliphatic carbocycles. The largest absolute Gasteiger partial charge is 0.480 e. The molecule has 7 amide bonds. The summed E-state index contributed by atoms with van der Waals surface area (Å²) in [5, 5.41) is 92.4. The van der Waals surface area contributed by atoms with E-state index in [0.29, 0.717) is 12.8 Å². The molecule has 3 rings (SSSR count). The van der Waals surface area contributed by atoms with Crippen LogP contribution in [0, 0.1) is 5.92 Å². The summed E-state index contributed by atoms with van der Waals surface area (Å²) in [6.07, 6.45) is 1.28. The number of carboxylic acid groups (broad SMARTS) is 6. The van der Waals surface area contributed by atoms with Gasteiger partial charge in [-0.2, -0.15) is 0 Å². The first-order valence-corrected chi connectivity index (χ1v) is 30.4. The maximum atomic E-state index is 14.0. The van der Waals surface area contributed by atoms with E-state index in [4.69, 9.17) is 0 Å². The molecule has 91 heavy (non-hydrogen) atoms. The van der Waals surface area contributed by atoms with Crippen LogP contribution in [0.1, 0.15) is 52.9 Å². The summed E-state index contributed by atoms with van der Waals surface area (Å²) in [4.78, 5) is 179. The van der Waals surface area contributed by atoms with Crippen molar-refractivity contribution >= 4 is 84.3 Å². The van der Waals surface area contributed by atoms with Crippen LogP contribution in [0.15, 0.2) is 0 Å². The molecule has 514 valence electrons. The minimum atomic E-state index is -1.77. The van der Waals surface area contributed by atoms with E-state index >= 15 is 0 Å². The van der Waals surface area contributed by atoms with E-state index in [0.717, 1.165) is 0 Å². The Bertz CT molecular complexity index is 2390. The van der Waals surface area contributed by atoms with Crippen molar-refractivity contribution in [3.05, 3.63) is 0 Å². The van der Waals surface area contributed by atoms with Gasteiger partial charge in [0.2, 0.25) is 41.4 Å². The summed E-state index contributed by atoms with van der Waals surface area (Å²) in [5.41, 5.74) is 0. The number of nitrogens with zero attached hydrogens (tertiary/aromatic N) is 9. The molecule has 0 saturated carbocycles. The Balaban J connectivity index is 1.74. The van der Waals surface area contributed by atoms with Gasteiger partial charge in [0.1, 0.15) is 18.1 Å². The molecule has 0 spiro atoms. The number of hydrogen-bond acceptors (Lipinski definition) is 23. The molecule has 0 radical (unpaired) electrons. The van der Waals surface area contributed by atoms with Crippen LogP contribution in [0.2, 0.25) is 0 Å². The zero-order valence-corrected chi connectivity index (χ0v) is 52.2.